The fourth-order valence-corrected chi connectivity index (χ4v) is 3.19. The van der Waals surface area contributed by atoms with Crippen molar-refractivity contribution in [1.29, 1.82) is 0 Å². The molecule has 1 aromatic rings. The Balaban J connectivity index is 2.01. The van der Waals surface area contributed by atoms with Crippen molar-refractivity contribution in [2.24, 2.45) is 5.41 Å². The summed E-state index contributed by atoms with van der Waals surface area (Å²) in [5.74, 6) is -0.0608. The first-order valence-corrected chi connectivity index (χ1v) is 7.81. The minimum atomic E-state index is -0.474. The van der Waals surface area contributed by atoms with Gasteiger partial charge in [0, 0.05) is 23.4 Å². The maximum atomic E-state index is 13.4. The molecule has 1 N–H and O–H groups in total. The van der Waals surface area contributed by atoms with E-state index in [0.717, 1.165) is 25.7 Å². The molecule has 116 valence electrons. The minimum absolute atomic E-state index is 0.000414. The summed E-state index contributed by atoms with van der Waals surface area (Å²) in [6, 6.07) is 4.12. The van der Waals surface area contributed by atoms with E-state index in [1.165, 1.54) is 31.7 Å². The first-order valence-electron chi connectivity index (χ1n) is 7.28. The van der Waals surface area contributed by atoms with Crippen molar-refractivity contribution in [3.63, 3.8) is 0 Å². The molecular weight excluding hydrogens is 293 g/mol. The highest BCUT2D eigenvalue weighted by Gasteiger charge is 2.31. The number of ether oxygens (including phenoxy) is 1. The molecule has 0 unspecified atom stereocenters. The third-order valence-corrected chi connectivity index (χ3v) is 4.80. The summed E-state index contributed by atoms with van der Waals surface area (Å²) in [6.45, 7) is 0.565. The predicted octanol–water partition coefficient (Wildman–Crippen LogP) is 3.75. The highest BCUT2D eigenvalue weighted by Crippen LogP contribution is 2.36. The lowest BCUT2D eigenvalue weighted by Crippen LogP contribution is -2.40. The summed E-state index contributed by atoms with van der Waals surface area (Å²) < 4.78 is 18.2. The number of hydrogen-bond donors (Lipinski definition) is 1. The van der Waals surface area contributed by atoms with Gasteiger partial charge in [-0.15, -0.1) is 11.6 Å². The zero-order valence-corrected chi connectivity index (χ0v) is 13.0. The number of amides is 1. The van der Waals surface area contributed by atoms with Crippen LogP contribution in [0.5, 0.6) is 5.75 Å². The molecule has 0 saturated heterocycles. The van der Waals surface area contributed by atoms with E-state index in [1.54, 1.807) is 0 Å². The van der Waals surface area contributed by atoms with Gasteiger partial charge in [-0.3, -0.25) is 4.79 Å². The average Bonchev–Trinajstić information content (AvgIpc) is 2.54. The Morgan fingerprint density at radius 1 is 1.38 bits per heavy atom. The summed E-state index contributed by atoms with van der Waals surface area (Å²) in [4.78, 5) is 12.2. The maximum absolute atomic E-state index is 13.4. The van der Waals surface area contributed by atoms with Crippen molar-refractivity contribution in [1.82, 2.24) is 5.32 Å². The molecule has 0 bridgehead atoms. The normalized spacial score (nSPS) is 17.3. The maximum Gasteiger partial charge on any atom is 0.251 e. The Morgan fingerprint density at radius 3 is 2.71 bits per heavy atom. The van der Waals surface area contributed by atoms with Crippen molar-refractivity contribution in [3.8, 4) is 5.75 Å². The van der Waals surface area contributed by atoms with Gasteiger partial charge in [0.25, 0.3) is 5.91 Å². The van der Waals surface area contributed by atoms with E-state index >= 15 is 0 Å². The van der Waals surface area contributed by atoms with E-state index in [-0.39, 0.29) is 17.1 Å². The van der Waals surface area contributed by atoms with Gasteiger partial charge in [0.15, 0.2) is 11.6 Å². The number of methoxy groups -OCH3 is 1. The van der Waals surface area contributed by atoms with Crippen molar-refractivity contribution < 1.29 is 13.9 Å². The van der Waals surface area contributed by atoms with Gasteiger partial charge < -0.3 is 10.1 Å². The lowest BCUT2D eigenvalue weighted by molar-refractivity contribution is 0.0920. The Bertz CT molecular complexity index is 501. The number of carbonyl (C=O) groups is 1. The number of rotatable bonds is 5. The van der Waals surface area contributed by atoms with Gasteiger partial charge >= 0.3 is 0 Å². The molecule has 0 aromatic heterocycles. The lowest BCUT2D eigenvalue weighted by atomic mass is 9.75. The second-order valence-electron chi connectivity index (χ2n) is 5.73. The highest BCUT2D eigenvalue weighted by atomic mass is 35.5. The van der Waals surface area contributed by atoms with Crippen LogP contribution < -0.4 is 10.1 Å². The fraction of sp³-hybridized carbons (Fsp3) is 0.562. The van der Waals surface area contributed by atoms with Gasteiger partial charge in [0.1, 0.15) is 0 Å². The Kier molecular flexibility index (Phi) is 5.45. The molecule has 1 fully saturated rings. The zero-order valence-electron chi connectivity index (χ0n) is 12.3. The van der Waals surface area contributed by atoms with Crippen molar-refractivity contribution in [2.75, 3.05) is 19.5 Å². The van der Waals surface area contributed by atoms with Crippen molar-refractivity contribution >= 4 is 17.5 Å². The second-order valence-corrected chi connectivity index (χ2v) is 5.99. The number of alkyl halides is 1. The molecule has 0 aliphatic heterocycles. The van der Waals surface area contributed by atoms with E-state index in [0.29, 0.717) is 18.0 Å². The Labute approximate surface area is 129 Å². The summed E-state index contributed by atoms with van der Waals surface area (Å²) in [7, 11) is 1.38. The molecule has 21 heavy (non-hydrogen) atoms. The van der Waals surface area contributed by atoms with Gasteiger partial charge in [0.05, 0.1) is 7.11 Å². The highest BCUT2D eigenvalue weighted by molar-refractivity contribution is 6.18. The van der Waals surface area contributed by atoms with E-state index in [9.17, 15) is 9.18 Å². The molecule has 5 heteroatoms. The second kappa shape index (κ2) is 7.12. The quantitative estimate of drug-likeness (QED) is 0.841. The SMILES string of the molecule is COc1cc(C(=O)NCC2(CCl)CCCCC2)ccc1F. The Hall–Kier alpha value is -1.29. The zero-order chi connectivity index (χ0) is 15.3. The molecule has 1 amide bonds. The molecule has 0 heterocycles. The standard InChI is InChI=1S/C16H21ClFNO2/c1-21-14-9-12(5-6-13(14)18)15(20)19-11-16(10-17)7-3-2-4-8-16/h5-6,9H,2-4,7-8,10-11H2,1H3,(H,19,20). The Morgan fingerprint density at radius 2 is 2.10 bits per heavy atom. The fourth-order valence-electron chi connectivity index (χ4n) is 2.83. The first-order chi connectivity index (χ1) is 10.1. The number of carbonyl (C=O) groups excluding carboxylic acids is 1. The summed E-state index contributed by atoms with van der Waals surface area (Å²) >= 11 is 6.11. The van der Waals surface area contributed by atoms with E-state index in [2.05, 4.69) is 5.32 Å². The number of benzene rings is 1. The van der Waals surface area contributed by atoms with Gasteiger partial charge in [0.2, 0.25) is 0 Å². The third kappa shape index (κ3) is 3.88. The monoisotopic (exact) mass is 313 g/mol. The molecule has 1 aromatic carbocycles. The number of nitrogens with one attached hydrogen (secondary N) is 1. The van der Waals surface area contributed by atoms with Gasteiger partial charge in [-0.25, -0.2) is 4.39 Å². The van der Waals surface area contributed by atoms with E-state index in [4.69, 9.17) is 16.3 Å². The molecular formula is C16H21ClFNO2. The van der Waals surface area contributed by atoms with Gasteiger partial charge in [-0.1, -0.05) is 19.3 Å². The summed E-state index contributed by atoms with van der Waals surface area (Å²) in [6.07, 6.45) is 5.65. The summed E-state index contributed by atoms with van der Waals surface area (Å²) in [5.41, 5.74) is 0.397. The van der Waals surface area contributed by atoms with Crippen molar-refractivity contribution in [2.45, 2.75) is 32.1 Å². The molecule has 0 atom stereocenters. The third-order valence-electron chi connectivity index (χ3n) is 4.23. The molecule has 0 spiro atoms. The largest absolute Gasteiger partial charge is 0.494 e. The predicted molar refractivity (Wildman–Crippen MR) is 81.5 cm³/mol. The van der Waals surface area contributed by atoms with Crippen LogP contribution in [-0.2, 0) is 0 Å². The van der Waals surface area contributed by atoms with Gasteiger partial charge in [-0.05, 0) is 31.0 Å². The van der Waals surface area contributed by atoms with Crippen molar-refractivity contribution in [3.05, 3.63) is 29.6 Å². The summed E-state index contributed by atoms with van der Waals surface area (Å²) in [5, 5.41) is 2.93. The number of hydrogen-bond acceptors (Lipinski definition) is 2. The van der Waals surface area contributed by atoms with Crippen LogP contribution in [0.2, 0.25) is 0 Å². The van der Waals surface area contributed by atoms with Crippen LogP contribution in [0.4, 0.5) is 4.39 Å². The van der Waals surface area contributed by atoms with Crippen LogP contribution in [0.25, 0.3) is 0 Å². The smallest absolute Gasteiger partial charge is 0.251 e. The molecule has 0 radical (unpaired) electrons. The molecule has 1 saturated carbocycles. The van der Waals surface area contributed by atoms with Crippen LogP contribution in [0.15, 0.2) is 18.2 Å². The van der Waals surface area contributed by atoms with Crippen LogP contribution >= 0.6 is 11.6 Å². The van der Waals surface area contributed by atoms with Crippen LogP contribution in [0.1, 0.15) is 42.5 Å². The van der Waals surface area contributed by atoms with E-state index in [1.807, 2.05) is 0 Å². The first kappa shape index (κ1) is 16.1. The topological polar surface area (TPSA) is 38.3 Å². The lowest BCUT2D eigenvalue weighted by Gasteiger charge is -2.35. The molecule has 1 aliphatic rings. The molecule has 3 nitrogen and oxygen atoms in total. The van der Waals surface area contributed by atoms with Crippen LogP contribution in [-0.4, -0.2) is 25.4 Å². The van der Waals surface area contributed by atoms with Crippen LogP contribution in [0, 0.1) is 11.2 Å². The minimum Gasteiger partial charge on any atom is -0.494 e. The van der Waals surface area contributed by atoms with Gasteiger partial charge in [-0.2, -0.15) is 0 Å². The van der Waals surface area contributed by atoms with E-state index < -0.39 is 5.82 Å². The average molecular weight is 314 g/mol. The molecule has 2 rings (SSSR count). The number of halogens is 2. The molecule has 1 aliphatic carbocycles. The van der Waals surface area contributed by atoms with Crippen LogP contribution in [0.3, 0.4) is 0 Å².